The first-order valence-corrected chi connectivity index (χ1v) is 10.6. The molecule has 0 spiro atoms. The average molecular weight is 377 g/mol. The summed E-state index contributed by atoms with van der Waals surface area (Å²) in [4.78, 5) is 17.6. The number of rotatable bonds is 3. The predicted octanol–water partition coefficient (Wildman–Crippen LogP) is 4.80. The van der Waals surface area contributed by atoms with Crippen molar-refractivity contribution in [2.75, 3.05) is 18.0 Å². The van der Waals surface area contributed by atoms with Gasteiger partial charge in [0, 0.05) is 31.3 Å². The molecule has 1 aromatic rings. The lowest BCUT2D eigenvalue weighted by atomic mass is 9.94. The lowest BCUT2D eigenvalue weighted by Crippen LogP contribution is -2.39. The number of carbonyl (C=O) groups excluding carboxylic acids is 1. The van der Waals surface area contributed by atoms with Crippen molar-refractivity contribution < 1.29 is 9.21 Å². The quantitative estimate of drug-likeness (QED) is 0.559. The zero-order chi connectivity index (χ0) is 17.2. The molecule has 0 bridgehead atoms. The van der Waals surface area contributed by atoms with Crippen LogP contribution in [0.5, 0.6) is 0 Å². The highest BCUT2D eigenvalue weighted by Crippen LogP contribution is 2.37. The first-order valence-electron chi connectivity index (χ1n) is 9.34. The average Bonchev–Trinajstić information content (AvgIpc) is 3.22. The minimum Gasteiger partial charge on any atom is -0.441 e. The van der Waals surface area contributed by atoms with E-state index >= 15 is 0 Å². The van der Waals surface area contributed by atoms with Gasteiger partial charge in [0.15, 0.2) is 5.88 Å². The number of hydrogen-bond donors (Lipinski definition) is 0. The SMILES string of the molecule is O=C1/C(=C/c2ccc(N3CCCCC3)o2)SC(=S)N1C1CCCCC1. The summed E-state index contributed by atoms with van der Waals surface area (Å²) < 4.78 is 6.67. The lowest BCUT2D eigenvalue weighted by molar-refractivity contribution is -0.124. The molecule has 0 unspecified atom stereocenters. The molecule has 25 heavy (non-hydrogen) atoms. The van der Waals surface area contributed by atoms with Crippen LogP contribution in [0.2, 0.25) is 0 Å². The summed E-state index contributed by atoms with van der Waals surface area (Å²) in [5, 5.41) is 0. The molecule has 0 aromatic carbocycles. The maximum atomic E-state index is 12.8. The molecule has 1 aliphatic carbocycles. The highest BCUT2D eigenvalue weighted by atomic mass is 32.2. The van der Waals surface area contributed by atoms with Crippen molar-refractivity contribution in [2.45, 2.75) is 57.4 Å². The minimum absolute atomic E-state index is 0.0535. The Kier molecular flexibility index (Phi) is 5.17. The molecule has 1 amide bonds. The second kappa shape index (κ2) is 7.54. The van der Waals surface area contributed by atoms with Crippen LogP contribution >= 0.6 is 24.0 Å². The van der Waals surface area contributed by atoms with E-state index in [-0.39, 0.29) is 11.9 Å². The summed E-state index contributed by atoms with van der Waals surface area (Å²) in [5.41, 5.74) is 0. The molecular weight excluding hydrogens is 352 g/mol. The molecule has 134 valence electrons. The second-order valence-electron chi connectivity index (χ2n) is 7.07. The largest absolute Gasteiger partial charge is 0.441 e. The molecule has 4 nitrogen and oxygen atoms in total. The number of anilines is 1. The van der Waals surface area contributed by atoms with E-state index in [1.807, 2.05) is 23.1 Å². The molecular formula is C19H24N2O2S2. The van der Waals surface area contributed by atoms with E-state index in [9.17, 15) is 4.79 Å². The molecule has 0 N–H and O–H groups in total. The van der Waals surface area contributed by atoms with Crippen LogP contribution in [0, 0.1) is 0 Å². The zero-order valence-corrected chi connectivity index (χ0v) is 16.0. The van der Waals surface area contributed by atoms with Crippen LogP contribution in [0.15, 0.2) is 21.5 Å². The van der Waals surface area contributed by atoms with Crippen LogP contribution in [-0.4, -0.2) is 34.3 Å². The Morgan fingerprint density at radius 2 is 1.80 bits per heavy atom. The third kappa shape index (κ3) is 3.65. The van der Waals surface area contributed by atoms with Gasteiger partial charge >= 0.3 is 0 Å². The number of carbonyl (C=O) groups is 1. The number of amides is 1. The number of thiocarbonyl (C=S) groups is 1. The molecule has 0 atom stereocenters. The normalized spacial score (nSPS) is 24.6. The van der Waals surface area contributed by atoms with Crippen molar-refractivity contribution in [3.05, 3.63) is 22.8 Å². The Balaban J connectivity index is 1.49. The van der Waals surface area contributed by atoms with Crippen molar-refractivity contribution in [2.24, 2.45) is 0 Å². The Morgan fingerprint density at radius 1 is 1.08 bits per heavy atom. The Morgan fingerprint density at radius 3 is 2.56 bits per heavy atom. The van der Waals surface area contributed by atoms with Crippen LogP contribution < -0.4 is 4.90 Å². The second-order valence-corrected chi connectivity index (χ2v) is 8.74. The van der Waals surface area contributed by atoms with Gasteiger partial charge in [0.2, 0.25) is 0 Å². The van der Waals surface area contributed by atoms with Gasteiger partial charge in [-0.25, -0.2) is 0 Å². The van der Waals surface area contributed by atoms with E-state index < -0.39 is 0 Å². The molecule has 2 aliphatic heterocycles. The van der Waals surface area contributed by atoms with E-state index in [2.05, 4.69) is 4.90 Å². The van der Waals surface area contributed by atoms with E-state index in [0.29, 0.717) is 9.23 Å². The highest BCUT2D eigenvalue weighted by molar-refractivity contribution is 8.26. The number of piperidine rings is 1. The lowest BCUT2D eigenvalue weighted by Gasteiger charge is -2.29. The van der Waals surface area contributed by atoms with E-state index in [0.717, 1.165) is 37.6 Å². The first kappa shape index (κ1) is 17.2. The number of nitrogens with zero attached hydrogens (tertiary/aromatic N) is 2. The van der Waals surface area contributed by atoms with Crippen LogP contribution in [-0.2, 0) is 4.79 Å². The van der Waals surface area contributed by atoms with E-state index in [1.165, 1.54) is 50.3 Å². The molecule has 1 saturated carbocycles. The Bertz CT molecular complexity index is 685. The summed E-state index contributed by atoms with van der Waals surface area (Å²) in [6.45, 7) is 2.10. The molecule has 3 fully saturated rings. The van der Waals surface area contributed by atoms with Crippen LogP contribution in [0.4, 0.5) is 5.88 Å². The van der Waals surface area contributed by atoms with Crippen LogP contribution in [0.1, 0.15) is 57.1 Å². The summed E-state index contributed by atoms with van der Waals surface area (Å²) in [6.07, 6.45) is 11.4. The monoisotopic (exact) mass is 376 g/mol. The van der Waals surface area contributed by atoms with Gasteiger partial charge in [-0.05, 0) is 38.2 Å². The summed E-state index contributed by atoms with van der Waals surface area (Å²) in [5.74, 6) is 1.70. The van der Waals surface area contributed by atoms with Crippen molar-refractivity contribution in [1.82, 2.24) is 4.90 Å². The van der Waals surface area contributed by atoms with E-state index in [4.69, 9.17) is 16.6 Å². The molecule has 0 radical (unpaired) electrons. The molecule has 4 rings (SSSR count). The van der Waals surface area contributed by atoms with Gasteiger partial charge < -0.3 is 9.32 Å². The summed E-state index contributed by atoms with van der Waals surface area (Å²) in [6, 6.07) is 4.25. The third-order valence-electron chi connectivity index (χ3n) is 5.32. The maximum Gasteiger partial charge on any atom is 0.266 e. The topological polar surface area (TPSA) is 36.7 Å². The number of furan rings is 1. The van der Waals surface area contributed by atoms with Crippen molar-refractivity contribution in [3.8, 4) is 0 Å². The standard InChI is InChI=1S/C19H24N2O2S2/c22-18-16(25-19(24)21(18)14-7-3-1-4-8-14)13-15-9-10-17(23-15)20-11-5-2-6-12-20/h9-10,13-14H,1-8,11-12H2/b16-13-. The Labute approximate surface area is 158 Å². The molecule has 2 saturated heterocycles. The zero-order valence-electron chi connectivity index (χ0n) is 14.4. The number of hydrogen-bond acceptors (Lipinski definition) is 5. The van der Waals surface area contributed by atoms with Crippen LogP contribution in [0.3, 0.4) is 0 Å². The smallest absolute Gasteiger partial charge is 0.266 e. The summed E-state index contributed by atoms with van der Waals surface area (Å²) >= 11 is 6.90. The Hall–Kier alpha value is -1.27. The van der Waals surface area contributed by atoms with Gasteiger partial charge in [-0.2, -0.15) is 0 Å². The van der Waals surface area contributed by atoms with Gasteiger partial charge in [-0.15, -0.1) is 0 Å². The maximum absolute atomic E-state index is 12.8. The molecule has 3 heterocycles. The van der Waals surface area contributed by atoms with Gasteiger partial charge in [0.05, 0.1) is 4.91 Å². The van der Waals surface area contributed by atoms with E-state index in [1.54, 1.807) is 0 Å². The highest BCUT2D eigenvalue weighted by Gasteiger charge is 2.37. The fraction of sp³-hybridized carbons (Fsp3) is 0.579. The number of thioether (sulfide) groups is 1. The molecule has 1 aromatic heterocycles. The van der Waals surface area contributed by atoms with Gasteiger partial charge in [-0.1, -0.05) is 43.2 Å². The molecule has 6 heteroatoms. The third-order valence-corrected chi connectivity index (χ3v) is 6.65. The van der Waals surface area contributed by atoms with Gasteiger partial charge in [0.1, 0.15) is 10.1 Å². The van der Waals surface area contributed by atoms with Crippen LogP contribution in [0.25, 0.3) is 6.08 Å². The fourth-order valence-electron chi connectivity index (χ4n) is 3.97. The molecule has 3 aliphatic rings. The predicted molar refractivity (Wildman–Crippen MR) is 107 cm³/mol. The van der Waals surface area contributed by atoms with Crippen molar-refractivity contribution >= 4 is 46.2 Å². The fourth-order valence-corrected chi connectivity index (χ4v) is 5.35. The summed E-state index contributed by atoms with van der Waals surface area (Å²) in [7, 11) is 0. The van der Waals surface area contributed by atoms with Crippen molar-refractivity contribution in [3.63, 3.8) is 0 Å². The van der Waals surface area contributed by atoms with Crippen molar-refractivity contribution in [1.29, 1.82) is 0 Å². The van der Waals surface area contributed by atoms with Gasteiger partial charge in [-0.3, -0.25) is 9.69 Å². The minimum atomic E-state index is 0.0535. The van der Waals surface area contributed by atoms with Gasteiger partial charge in [0.25, 0.3) is 5.91 Å². The first-order chi connectivity index (χ1) is 12.2.